The van der Waals surface area contributed by atoms with Crippen LogP contribution in [0.1, 0.15) is 16.8 Å². The molecular weight excluding hydrogens is 403 g/mol. The second-order valence-electron chi connectivity index (χ2n) is 8.16. The monoisotopic (exact) mass is 430 g/mol. The third kappa shape index (κ3) is 3.68. The van der Waals surface area contributed by atoms with E-state index in [1.807, 2.05) is 0 Å². The van der Waals surface area contributed by atoms with E-state index in [1.165, 1.54) is 27.0 Å². The van der Waals surface area contributed by atoms with Crippen LogP contribution in [0.2, 0.25) is 0 Å². The Labute approximate surface area is 191 Å². The molecule has 0 bridgehead atoms. The van der Waals surface area contributed by atoms with Crippen LogP contribution in [0, 0.1) is 0 Å². The zero-order valence-electron chi connectivity index (χ0n) is 18.0. The first-order chi connectivity index (χ1) is 15.9. The zero-order chi connectivity index (χ0) is 21.6. The van der Waals surface area contributed by atoms with Crippen molar-refractivity contribution in [3.8, 4) is 0 Å². The summed E-state index contributed by atoms with van der Waals surface area (Å²) in [6.07, 6.45) is 0. The van der Waals surface area contributed by atoms with E-state index in [0.29, 0.717) is 0 Å². The Bertz CT molecular complexity index is 1100. The van der Waals surface area contributed by atoms with Gasteiger partial charge >= 0.3 is 192 Å². The van der Waals surface area contributed by atoms with Gasteiger partial charge in [0, 0.05) is 0 Å². The van der Waals surface area contributed by atoms with Gasteiger partial charge in [-0.1, -0.05) is 0 Å². The summed E-state index contributed by atoms with van der Waals surface area (Å²) in [7, 11) is -2.53. The van der Waals surface area contributed by atoms with E-state index in [-0.39, 0.29) is 5.66 Å². The maximum atomic E-state index is 2.34. The SMILES string of the molecule is c1ccc(C(c2ccccc2)[PH](c2ccccc2)(c2ccccc2)c2ccccc2)cc1. The first-order valence-electron chi connectivity index (χ1n) is 11.2. The molecule has 0 saturated carbocycles. The van der Waals surface area contributed by atoms with Gasteiger partial charge in [0.15, 0.2) is 0 Å². The molecular formula is C31H27P. The molecule has 0 atom stereocenters. The average Bonchev–Trinajstić information content (AvgIpc) is 2.90. The Morgan fingerprint density at radius 1 is 0.312 bits per heavy atom. The third-order valence-electron chi connectivity index (χ3n) is 6.39. The third-order valence-corrected chi connectivity index (χ3v) is 11.7. The molecule has 0 aliphatic rings. The van der Waals surface area contributed by atoms with Crippen LogP contribution in [0.4, 0.5) is 0 Å². The van der Waals surface area contributed by atoms with Crippen LogP contribution in [-0.2, 0) is 0 Å². The van der Waals surface area contributed by atoms with E-state index in [4.69, 9.17) is 0 Å². The predicted octanol–water partition coefficient (Wildman–Crippen LogP) is 6.50. The van der Waals surface area contributed by atoms with Crippen molar-refractivity contribution in [1.29, 1.82) is 0 Å². The first kappa shape index (κ1) is 20.4. The Hall–Kier alpha value is -3.47. The molecule has 0 aliphatic carbocycles. The topological polar surface area (TPSA) is 0 Å². The second kappa shape index (κ2) is 9.35. The number of hydrogen-bond acceptors (Lipinski definition) is 0. The summed E-state index contributed by atoms with van der Waals surface area (Å²) in [5, 5.41) is 4.28. The molecule has 0 nitrogen and oxygen atoms in total. The molecule has 32 heavy (non-hydrogen) atoms. The molecule has 0 saturated heterocycles. The van der Waals surface area contributed by atoms with Crippen LogP contribution < -0.4 is 15.9 Å². The Balaban J connectivity index is 1.94. The fraction of sp³-hybridized carbons (Fsp3) is 0.0323. The number of rotatable bonds is 6. The molecule has 0 amide bonds. The maximum absolute atomic E-state index is 2.53. The molecule has 0 spiro atoms. The van der Waals surface area contributed by atoms with E-state index in [1.54, 1.807) is 0 Å². The Morgan fingerprint density at radius 2 is 0.562 bits per heavy atom. The van der Waals surface area contributed by atoms with E-state index in [0.717, 1.165) is 0 Å². The van der Waals surface area contributed by atoms with Crippen molar-refractivity contribution in [2.75, 3.05) is 0 Å². The minimum atomic E-state index is -2.53. The van der Waals surface area contributed by atoms with Gasteiger partial charge in [0.1, 0.15) is 0 Å². The normalized spacial score (nSPS) is 11.9. The summed E-state index contributed by atoms with van der Waals surface area (Å²) >= 11 is 0. The molecule has 1 heteroatoms. The molecule has 0 heterocycles. The van der Waals surface area contributed by atoms with Gasteiger partial charge in [-0.3, -0.25) is 0 Å². The van der Waals surface area contributed by atoms with Crippen LogP contribution in [-0.4, -0.2) is 0 Å². The van der Waals surface area contributed by atoms with Gasteiger partial charge in [0.05, 0.1) is 0 Å². The molecule has 0 unspecified atom stereocenters. The molecule has 0 fully saturated rings. The van der Waals surface area contributed by atoms with Crippen molar-refractivity contribution < 1.29 is 0 Å². The summed E-state index contributed by atoms with van der Waals surface area (Å²) < 4.78 is 0. The fourth-order valence-corrected chi connectivity index (χ4v) is 10.6. The molecule has 0 aromatic heterocycles. The average molecular weight is 431 g/mol. The van der Waals surface area contributed by atoms with Crippen LogP contribution >= 0.6 is 7.26 Å². The van der Waals surface area contributed by atoms with Crippen molar-refractivity contribution >= 4 is 23.2 Å². The molecule has 0 radical (unpaired) electrons. The van der Waals surface area contributed by atoms with E-state index >= 15 is 0 Å². The standard InChI is InChI=1S/C31H27P/c1-6-16-26(17-7-1)31(27-18-8-2-9-19-27)32(28-20-10-3-11-21-28,29-22-12-4-13-23-29)30-24-14-5-15-25-30/h1-25,31-32H. The van der Waals surface area contributed by atoms with E-state index < -0.39 is 7.26 Å². The zero-order valence-corrected chi connectivity index (χ0v) is 19.0. The van der Waals surface area contributed by atoms with Crippen LogP contribution in [0.5, 0.6) is 0 Å². The summed E-state index contributed by atoms with van der Waals surface area (Å²) in [4.78, 5) is 0. The molecule has 5 aromatic rings. The van der Waals surface area contributed by atoms with Crippen LogP contribution in [0.15, 0.2) is 152 Å². The van der Waals surface area contributed by atoms with Crippen LogP contribution in [0.25, 0.3) is 0 Å². The summed E-state index contributed by atoms with van der Waals surface area (Å²) in [5.41, 5.74) is 2.96. The van der Waals surface area contributed by atoms with Crippen molar-refractivity contribution in [3.63, 3.8) is 0 Å². The van der Waals surface area contributed by atoms with Crippen molar-refractivity contribution in [3.05, 3.63) is 163 Å². The predicted molar refractivity (Wildman–Crippen MR) is 141 cm³/mol. The van der Waals surface area contributed by atoms with Gasteiger partial charge in [-0.05, 0) is 0 Å². The van der Waals surface area contributed by atoms with Gasteiger partial charge in [0.25, 0.3) is 0 Å². The number of hydrogen-bond donors (Lipinski definition) is 0. The summed E-state index contributed by atoms with van der Waals surface area (Å²) in [6, 6.07) is 55.7. The van der Waals surface area contributed by atoms with Crippen LogP contribution in [0.3, 0.4) is 0 Å². The second-order valence-corrected chi connectivity index (χ2v) is 12.1. The van der Waals surface area contributed by atoms with Gasteiger partial charge in [-0.2, -0.15) is 0 Å². The summed E-state index contributed by atoms with van der Waals surface area (Å²) in [5.74, 6) is 0. The van der Waals surface area contributed by atoms with Gasteiger partial charge in [0.2, 0.25) is 0 Å². The fourth-order valence-electron chi connectivity index (χ4n) is 5.09. The number of benzene rings is 5. The molecule has 0 N–H and O–H groups in total. The van der Waals surface area contributed by atoms with Crippen molar-refractivity contribution in [1.82, 2.24) is 0 Å². The van der Waals surface area contributed by atoms with Gasteiger partial charge < -0.3 is 0 Å². The Morgan fingerprint density at radius 3 is 0.844 bits per heavy atom. The van der Waals surface area contributed by atoms with E-state index in [2.05, 4.69) is 152 Å². The van der Waals surface area contributed by atoms with Crippen molar-refractivity contribution in [2.24, 2.45) is 0 Å². The molecule has 5 aromatic carbocycles. The van der Waals surface area contributed by atoms with Gasteiger partial charge in [-0.25, -0.2) is 0 Å². The molecule has 156 valence electrons. The molecule has 0 aliphatic heterocycles. The summed E-state index contributed by atoms with van der Waals surface area (Å²) in [6.45, 7) is 0. The quantitative estimate of drug-likeness (QED) is 0.270. The van der Waals surface area contributed by atoms with Gasteiger partial charge in [-0.15, -0.1) is 0 Å². The Kier molecular flexibility index (Phi) is 5.97. The minimum absolute atomic E-state index is 0.233. The van der Waals surface area contributed by atoms with E-state index in [9.17, 15) is 0 Å². The molecule has 5 rings (SSSR count). The van der Waals surface area contributed by atoms with Crippen molar-refractivity contribution in [2.45, 2.75) is 5.66 Å². The first-order valence-corrected chi connectivity index (χ1v) is 13.2.